The van der Waals surface area contributed by atoms with Crippen LogP contribution in [0.25, 0.3) is 0 Å². The highest BCUT2D eigenvalue weighted by Crippen LogP contribution is 2.25. The number of carboxylic acids is 1. The van der Waals surface area contributed by atoms with Gasteiger partial charge in [0.05, 0.1) is 5.92 Å². The van der Waals surface area contributed by atoms with Gasteiger partial charge < -0.3 is 10.0 Å². The van der Waals surface area contributed by atoms with E-state index in [2.05, 4.69) is 45.0 Å². The van der Waals surface area contributed by atoms with Crippen LogP contribution in [0.2, 0.25) is 0 Å². The van der Waals surface area contributed by atoms with E-state index in [1.54, 1.807) is 4.90 Å². The topological polar surface area (TPSA) is 57.6 Å². The van der Waals surface area contributed by atoms with Crippen molar-refractivity contribution in [3.05, 3.63) is 35.4 Å². The van der Waals surface area contributed by atoms with Crippen LogP contribution < -0.4 is 0 Å². The second kappa shape index (κ2) is 7.37. The highest BCUT2D eigenvalue weighted by atomic mass is 16.4. The van der Waals surface area contributed by atoms with Crippen LogP contribution in [0.15, 0.2) is 24.3 Å². The third-order valence-electron chi connectivity index (χ3n) is 5.07. The summed E-state index contributed by atoms with van der Waals surface area (Å²) in [5, 5.41) is 9.27. The maximum Gasteiger partial charge on any atom is 0.308 e. The molecule has 24 heavy (non-hydrogen) atoms. The molecule has 1 saturated heterocycles. The molecule has 0 aromatic heterocycles. The van der Waals surface area contributed by atoms with Gasteiger partial charge in [0.25, 0.3) is 0 Å². The lowest BCUT2D eigenvalue weighted by atomic mass is 9.86. The van der Waals surface area contributed by atoms with Gasteiger partial charge in [-0.05, 0) is 42.7 Å². The molecule has 0 aliphatic carbocycles. The minimum atomic E-state index is -0.794. The van der Waals surface area contributed by atoms with Crippen LogP contribution in [-0.2, 0) is 21.4 Å². The zero-order valence-corrected chi connectivity index (χ0v) is 15.2. The first-order valence-electron chi connectivity index (χ1n) is 8.82. The molecule has 0 spiro atoms. The Morgan fingerprint density at radius 3 is 2.38 bits per heavy atom. The van der Waals surface area contributed by atoms with Gasteiger partial charge in [0.15, 0.2) is 0 Å². The molecule has 0 unspecified atom stereocenters. The summed E-state index contributed by atoms with van der Waals surface area (Å²) in [6.07, 6.45) is 2.57. The smallest absolute Gasteiger partial charge is 0.308 e. The lowest BCUT2D eigenvalue weighted by molar-refractivity contribution is -0.149. The summed E-state index contributed by atoms with van der Waals surface area (Å²) in [4.78, 5) is 25.6. The summed E-state index contributed by atoms with van der Waals surface area (Å²) in [6.45, 7) is 9.08. The van der Waals surface area contributed by atoms with E-state index in [-0.39, 0.29) is 17.4 Å². The molecule has 4 heteroatoms. The van der Waals surface area contributed by atoms with E-state index in [4.69, 9.17) is 0 Å². The minimum Gasteiger partial charge on any atom is -0.481 e. The van der Waals surface area contributed by atoms with E-state index in [9.17, 15) is 14.7 Å². The second-order valence-corrected chi connectivity index (χ2v) is 7.86. The first-order chi connectivity index (χ1) is 11.2. The summed E-state index contributed by atoms with van der Waals surface area (Å²) in [5.41, 5.74) is 2.56. The normalized spacial score (nSPS) is 21.6. The maximum absolute atomic E-state index is 12.5. The molecule has 2 rings (SSSR count). The van der Waals surface area contributed by atoms with Crippen LogP contribution in [0.3, 0.4) is 0 Å². The number of aryl methyl sites for hydroxylation is 1. The fraction of sp³-hybridized carbons (Fsp3) is 0.600. The first-order valence-corrected chi connectivity index (χ1v) is 8.82. The van der Waals surface area contributed by atoms with Crippen molar-refractivity contribution in [2.24, 2.45) is 5.92 Å². The molecule has 0 radical (unpaired) electrons. The van der Waals surface area contributed by atoms with Crippen molar-refractivity contribution in [2.45, 2.75) is 64.8 Å². The molecular weight excluding hydrogens is 302 g/mol. The zero-order chi connectivity index (χ0) is 17.9. The molecule has 0 saturated carbocycles. The Morgan fingerprint density at radius 1 is 1.21 bits per heavy atom. The van der Waals surface area contributed by atoms with Crippen LogP contribution in [0.4, 0.5) is 0 Å². The van der Waals surface area contributed by atoms with E-state index in [1.807, 2.05) is 6.92 Å². The summed E-state index contributed by atoms with van der Waals surface area (Å²) < 4.78 is 0. The number of amides is 1. The fourth-order valence-corrected chi connectivity index (χ4v) is 3.39. The van der Waals surface area contributed by atoms with Gasteiger partial charge in [-0.25, -0.2) is 0 Å². The van der Waals surface area contributed by atoms with Gasteiger partial charge in [-0.3, -0.25) is 9.59 Å². The van der Waals surface area contributed by atoms with E-state index < -0.39 is 11.9 Å². The molecule has 1 aromatic rings. The molecule has 1 fully saturated rings. The monoisotopic (exact) mass is 331 g/mol. The Kier molecular flexibility index (Phi) is 5.68. The van der Waals surface area contributed by atoms with Gasteiger partial charge in [0.2, 0.25) is 5.91 Å². The first kappa shape index (κ1) is 18.5. The lowest BCUT2D eigenvalue weighted by Crippen LogP contribution is -2.49. The molecule has 1 aliphatic rings. The molecule has 4 nitrogen and oxygen atoms in total. The van der Waals surface area contributed by atoms with E-state index in [0.29, 0.717) is 25.8 Å². The molecule has 1 aliphatic heterocycles. The Bertz CT molecular complexity index is 586. The molecule has 1 aromatic carbocycles. The molecule has 1 heterocycles. The van der Waals surface area contributed by atoms with Crippen LogP contribution in [0.5, 0.6) is 0 Å². The SMILES string of the molecule is C[C@@H]1[C@H](C(=O)O)CCCN1C(=O)CCc1ccc(C(C)(C)C)cc1. The Labute approximate surface area is 144 Å². The number of hydrogen-bond donors (Lipinski definition) is 1. The predicted octanol–water partition coefficient (Wildman–Crippen LogP) is 3.63. The van der Waals surface area contributed by atoms with Crippen LogP contribution in [0, 0.1) is 5.92 Å². The average molecular weight is 331 g/mol. The Morgan fingerprint density at radius 2 is 1.83 bits per heavy atom. The van der Waals surface area contributed by atoms with Crippen molar-refractivity contribution < 1.29 is 14.7 Å². The highest BCUT2D eigenvalue weighted by Gasteiger charge is 2.34. The summed E-state index contributed by atoms with van der Waals surface area (Å²) in [6, 6.07) is 8.22. The van der Waals surface area contributed by atoms with E-state index in [1.165, 1.54) is 5.56 Å². The van der Waals surface area contributed by atoms with Crippen molar-refractivity contribution in [3.8, 4) is 0 Å². The standard InChI is InChI=1S/C20H29NO3/c1-14-17(19(23)24)6-5-13-21(14)18(22)12-9-15-7-10-16(11-8-15)20(2,3)4/h7-8,10-11,14,17H,5-6,9,12-13H2,1-4H3,(H,23,24)/t14-,17-/m1/s1. The fourth-order valence-electron chi connectivity index (χ4n) is 3.39. The molecule has 1 N–H and O–H groups in total. The summed E-state index contributed by atoms with van der Waals surface area (Å²) >= 11 is 0. The summed E-state index contributed by atoms with van der Waals surface area (Å²) in [5.74, 6) is -1.17. The molecule has 132 valence electrons. The Balaban J connectivity index is 1.94. The minimum absolute atomic E-state index is 0.0633. The van der Waals surface area contributed by atoms with Crippen molar-refractivity contribution >= 4 is 11.9 Å². The number of carbonyl (C=O) groups excluding carboxylic acids is 1. The van der Waals surface area contributed by atoms with Gasteiger partial charge in [-0.1, -0.05) is 45.0 Å². The van der Waals surface area contributed by atoms with Gasteiger partial charge in [-0.15, -0.1) is 0 Å². The van der Waals surface area contributed by atoms with Gasteiger partial charge in [0.1, 0.15) is 0 Å². The number of rotatable bonds is 4. The van der Waals surface area contributed by atoms with E-state index in [0.717, 1.165) is 12.0 Å². The molecule has 2 atom stereocenters. The third-order valence-corrected chi connectivity index (χ3v) is 5.07. The Hall–Kier alpha value is -1.84. The van der Waals surface area contributed by atoms with Crippen LogP contribution in [-0.4, -0.2) is 34.5 Å². The number of benzene rings is 1. The molecule has 1 amide bonds. The molecular formula is C20H29NO3. The average Bonchev–Trinajstić information content (AvgIpc) is 2.52. The van der Waals surface area contributed by atoms with E-state index >= 15 is 0 Å². The zero-order valence-electron chi connectivity index (χ0n) is 15.2. The largest absolute Gasteiger partial charge is 0.481 e. The quantitative estimate of drug-likeness (QED) is 0.916. The number of carbonyl (C=O) groups is 2. The summed E-state index contributed by atoms with van der Waals surface area (Å²) in [7, 11) is 0. The maximum atomic E-state index is 12.5. The van der Waals surface area contributed by atoms with Gasteiger partial charge in [-0.2, -0.15) is 0 Å². The van der Waals surface area contributed by atoms with Crippen molar-refractivity contribution in [2.75, 3.05) is 6.54 Å². The number of likely N-dealkylation sites (tertiary alicyclic amines) is 1. The van der Waals surface area contributed by atoms with Crippen molar-refractivity contribution in [1.29, 1.82) is 0 Å². The van der Waals surface area contributed by atoms with Gasteiger partial charge in [0, 0.05) is 19.0 Å². The van der Waals surface area contributed by atoms with Crippen molar-refractivity contribution in [3.63, 3.8) is 0 Å². The number of aliphatic carboxylic acids is 1. The number of piperidine rings is 1. The lowest BCUT2D eigenvalue weighted by Gasteiger charge is -2.37. The number of hydrogen-bond acceptors (Lipinski definition) is 2. The highest BCUT2D eigenvalue weighted by molar-refractivity contribution is 5.79. The predicted molar refractivity (Wildman–Crippen MR) is 95.0 cm³/mol. The van der Waals surface area contributed by atoms with Crippen LogP contribution in [0.1, 0.15) is 58.1 Å². The van der Waals surface area contributed by atoms with Crippen molar-refractivity contribution in [1.82, 2.24) is 4.90 Å². The molecule has 0 bridgehead atoms. The number of nitrogens with zero attached hydrogens (tertiary/aromatic N) is 1. The van der Waals surface area contributed by atoms with Gasteiger partial charge >= 0.3 is 5.97 Å². The number of carboxylic acid groups (broad SMARTS) is 1. The second-order valence-electron chi connectivity index (χ2n) is 7.86. The third kappa shape index (κ3) is 4.37. The van der Waals surface area contributed by atoms with Crippen LogP contribution >= 0.6 is 0 Å².